The molecule has 4 nitrogen and oxygen atoms in total. The molecule has 0 spiro atoms. The van der Waals surface area contributed by atoms with Crippen LogP contribution in [0.25, 0.3) is 21.8 Å². The Morgan fingerprint density at radius 1 is 1.06 bits per heavy atom. The van der Waals surface area contributed by atoms with Crippen molar-refractivity contribution in [2.75, 3.05) is 0 Å². The average Bonchev–Trinajstić information content (AvgIpc) is 2.64. The molecule has 1 aromatic heterocycles. The first-order chi connectivity index (χ1) is 8.48. The van der Waals surface area contributed by atoms with Crippen LogP contribution in [0.2, 0.25) is 0 Å². The van der Waals surface area contributed by atoms with Gasteiger partial charge in [0.1, 0.15) is 11.1 Å². The summed E-state index contributed by atoms with van der Waals surface area (Å²) in [5, 5.41) is 0.837. The second kappa shape index (κ2) is 3.65. The molecule has 2 aromatic carbocycles. The lowest BCUT2D eigenvalue weighted by Gasteiger charge is -2.06. The van der Waals surface area contributed by atoms with Crippen molar-refractivity contribution in [3.05, 3.63) is 42.2 Å². The summed E-state index contributed by atoms with van der Waals surface area (Å²) in [5.74, 6) is -0.901. The summed E-state index contributed by atoms with van der Waals surface area (Å²) in [4.78, 5) is 21.3. The van der Waals surface area contributed by atoms with Gasteiger partial charge in [0, 0.05) is 16.3 Å². The van der Waals surface area contributed by atoms with Gasteiger partial charge in [0.15, 0.2) is 0 Å². The fraction of sp³-hybridized carbons (Fsp3) is 0. The molecule has 3 aromatic rings. The van der Waals surface area contributed by atoms with Crippen LogP contribution in [0.15, 0.2) is 36.4 Å². The summed E-state index contributed by atoms with van der Waals surface area (Å²) in [6.45, 7) is 0. The third kappa shape index (κ3) is 1.56. The highest BCUT2D eigenvalue weighted by molar-refractivity contribution is 7.60. The van der Waals surface area contributed by atoms with Gasteiger partial charge >= 0.3 is 7.60 Å². The van der Waals surface area contributed by atoms with Gasteiger partial charge in [-0.25, -0.2) is 4.39 Å². The molecule has 0 atom stereocenters. The summed E-state index contributed by atoms with van der Waals surface area (Å²) in [6, 6.07) is 9.80. The van der Waals surface area contributed by atoms with Crippen molar-refractivity contribution >= 4 is 34.7 Å². The second-order valence-electron chi connectivity index (χ2n) is 4.03. The Morgan fingerprint density at radius 2 is 1.78 bits per heavy atom. The van der Waals surface area contributed by atoms with Crippen LogP contribution in [0.1, 0.15) is 0 Å². The van der Waals surface area contributed by atoms with E-state index in [0.717, 1.165) is 11.5 Å². The Hall–Kier alpha value is -1.68. The quantitative estimate of drug-likeness (QED) is 0.591. The van der Waals surface area contributed by atoms with E-state index in [2.05, 4.69) is 4.98 Å². The smallest absolute Gasteiger partial charge is 0.354 e. The first-order valence-electron chi connectivity index (χ1n) is 5.23. The molecule has 0 fully saturated rings. The molecule has 0 aliphatic heterocycles. The molecule has 0 saturated carbocycles. The minimum atomic E-state index is -4.66. The van der Waals surface area contributed by atoms with E-state index in [-0.39, 0.29) is 5.52 Å². The zero-order chi connectivity index (χ0) is 12.9. The van der Waals surface area contributed by atoms with Crippen molar-refractivity contribution in [3.8, 4) is 0 Å². The number of fused-ring (bicyclic) bond motifs is 3. The lowest BCUT2D eigenvalue weighted by Crippen LogP contribution is -2.10. The van der Waals surface area contributed by atoms with Gasteiger partial charge < -0.3 is 14.8 Å². The highest BCUT2D eigenvalue weighted by Crippen LogP contribution is 2.38. The Kier molecular flexibility index (Phi) is 2.32. The van der Waals surface area contributed by atoms with Crippen LogP contribution in [0, 0.1) is 5.82 Å². The van der Waals surface area contributed by atoms with E-state index in [4.69, 9.17) is 0 Å². The molecule has 18 heavy (non-hydrogen) atoms. The lowest BCUT2D eigenvalue weighted by molar-refractivity contribution is 0.386. The Balaban J connectivity index is 2.56. The molecule has 0 bridgehead atoms. The number of H-pyrrole nitrogens is 1. The van der Waals surface area contributed by atoms with Crippen molar-refractivity contribution in [2.45, 2.75) is 0 Å². The van der Waals surface area contributed by atoms with Crippen LogP contribution in [0.3, 0.4) is 0 Å². The monoisotopic (exact) mass is 265 g/mol. The summed E-state index contributed by atoms with van der Waals surface area (Å²) in [7, 11) is -4.66. The van der Waals surface area contributed by atoms with Gasteiger partial charge in [-0.05, 0) is 18.2 Å². The van der Waals surface area contributed by atoms with Gasteiger partial charge in [0.2, 0.25) is 0 Å². The Morgan fingerprint density at radius 3 is 2.50 bits per heavy atom. The molecule has 1 heterocycles. The van der Waals surface area contributed by atoms with E-state index >= 15 is 0 Å². The van der Waals surface area contributed by atoms with E-state index in [1.165, 1.54) is 6.07 Å². The molecule has 3 N–H and O–H groups in total. The van der Waals surface area contributed by atoms with Crippen LogP contribution < -0.4 is 5.30 Å². The standard InChI is InChI=1S/C12H9FNO3P/c13-9-6-5-8-7-3-1-2-4-10(7)14-11(8)12(9)18(15,16)17/h1-6,14H,(H2,15,16,17). The third-order valence-electron chi connectivity index (χ3n) is 2.90. The van der Waals surface area contributed by atoms with Crippen molar-refractivity contribution < 1.29 is 18.7 Å². The number of para-hydroxylation sites is 1. The molecule has 6 heteroatoms. The Bertz CT molecular complexity index is 806. The molecule has 3 rings (SSSR count). The van der Waals surface area contributed by atoms with Crippen molar-refractivity contribution in [1.29, 1.82) is 0 Å². The highest BCUT2D eigenvalue weighted by Gasteiger charge is 2.26. The van der Waals surface area contributed by atoms with Crippen LogP contribution in [-0.2, 0) is 4.57 Å². The third-order valence-corrected chi connectivity index (χ3v) is 3.92. The number of hydrogen-bond donors (Lipinski definition) is 3. The molecule has 0 amide bonds. The number of aromatic nitrogens is 1. The number of benzene rings is 2. The van der Waals surface area contributed by atoms with Crippen LogP contribution in [-0.4, -0.2) is 14.8 Å². The van der Waals surface area contributed by atoms with Crippen molar-refractivity contribution in [1.82, 2.24) is 4.98 Å². The minimum Gasteiger partial charge on any atom is -0.354 e. The maximum atomic E-state index is 13.6. The fourth-order valence-electron chi connectivity index (χ4n) is 2.16. The zero-order valence-corrected chi connectivity index (χ0v) is 9.99. The SMILES string of the molecule is O=P(O)(O)c1c(F)ccc2c1[nH]c1ccccc12. The number of rotatable bonds is 1. The van der Waals surface area contributed by atoms with Crippen LogP contribution >= 0.6 is 7.60 Å². The lowest BCUT2D eigenvalue weighted by atomic mass is 10.1. The van der Waals surface area contributed by atoms with E-state index in [9.17, 15) is 18.7 Å². The summed E-state index contributed by atoms with van der Waals surface area (Å²) < 4.78 is 25.0. The molecule has 0 saturated heterocycles. The van der Waals surface area contributed by atoms with Gasteiger partial charge in [-0.2, -0.15) is 0 Å². The van der Waals surface area contributed by atoms with Crippen molar-refractivity contribution in [3.63, 3.8) is 0 Å². The topological polar surface area (TPSA) is 73.3 Å². The van der Waals surface area contributed by atoms with E-state index in [0.29, 0.717) is 10.9 Å². The fourth-order valence-corrected chi connectivity index (χ4v) is 2.98. The normalized spacial score (nSPS) is 12.4. The number of halogens is 1. The number of aromatic amines is 1. The summed E-state index contributed by atoms with van der Waals surface area (Å²) in [6.07, 6.45) is 0. The number of hydrogen-bond acceptors (Lipinski definition) is 1. The maximum Gasteiger partial charge on any atom is 0.361 e. The molecule has 0 aliphatic rings. The van der Waals surface area contributed by atoms with Gasteiger partial charge in [0.05, 0.1) is 5.52 Å². The van der Waals surface area contributed by atoms with Gasteiger partial charge in [-0.3, -0.25) is 4.57 Å². The van der Waals surface area contributed by atoms with E-state index in [1.54, 1.807) is 12.1 Å². The summed E-state index contributed by atoms with van der Waals surface area (Å²) in [5.41, 5.74) is 0.873. The molecule has 0 aliphatic carbocycles. The maximum absolute atomic E-state index is 13.6. The first kappa shape index (κ1) is 11.4. The predicted molar refractivity (Wildman–Crippen MR) is 67.4 cm³/mol. The second-order valence-corrected chi connectivity index (χ2v) is 5.57. The average molecular weight is 265 g/mol. The van der Waals surface area contributed by atoms with Gasteiger partial charge in [-0.1, -0.05) is 18.2 Å². The number of nitrogens with one attached hydrogen (secondary N) is 1. The largest absolute Gasteiger partial charge is 0.361 e. The molecular weight excluding hydrogens is 256 g/mol. The predicted octanol–water partition coefficient (Wildman–Crippen LogP) is 2.26. The van der Waals surface area contributed by atoms with Gasteiger partial charge in [0.25, 0.3) is 0 Å². The Labute approximate surface area is 101 Å². The van der Waals surface area contributed by atoms with E-state index < -0.39 is 18.7 Å². The minimum absolute atomic E-state index is 0.157. The molecular formula is C12H9FNO3P. The van der Waals surface area contributed by atoms with Crippen LogP contribution in [0.5, 0.6) is 0 Å². The van der Waals surface area contributed by atoms with E-state index in [1.807, 2.05) is 12.1 Å². The summed E-state index contributed by atoms with van der Waals surface area (Å²) >= 11 is 0. The van der Waals surface area contributed by atoms with Crippen LogP contribution in [0.4, 0.5) is 4.39 Å². The molecule has 0 unspecified atom stereocenters. The van der Waals surface area contributed by atoms with Gasteiger partial charge in [-0.15, -0.1) is 0 Å². The molecule has 0 radical (unpaired) electrons. The zero-order valence-electron chi connectivity index (χ0n) is 9.09. The van der Waals surface area contributed by atoms with Crippen molar-refractivity contribution in [2.24, 2.45) is 0 Å². The highest BCUT2D eigenvalue weighted by atomic mass is 31.2. The molecule has 92 valence electrons. The first-order valence-corrected chi connectivity index (χ1v) is 6.85.